The van der Waals surface area contributed by atoms with Crippen LogP contribution in [0.1, 0.15) is 29.8 Å². The van der Waals surface area contributed by atoms with Gasteiger partial charge in [0.1, 0.15) is 41.2 Å². The number of carbonyl (C=O) groups excluding carboxylic acids is 1. The third-order valence-electron chi connectivity index (χ3n) is 7.38. The van der Waals surface area contributed by atoms with Crippen molar-refractivity contribution in [3.8, 4) is 11.5 Å². The van der Waals surface area contributed by atoms with Crippen LogP contribution >= 0.6 is 0 Å². The van der Waals surface area contributed by atoms with Crippen molar-refractivity contribution in [1.82, 2.24) is 9.55 Å². The van der Waals surface area contributed by atoms with Crippen LogP contribution in [-0.4, -0.2) is 64.8 Å². The molecule has 11 heteroatoms. The minimum atomic E-state index is -1.45. The van der Waals surface area contributed by atoms with Crippen LogP contribution in [0.2, 0.25) is 0 Å². The fourth-order valence-corrected chi connectivity index (χ4v) is 5.23. The number of aliphatic hydroxyl groups is 2. The van der Waals surface area contributed by atoms with Gasteiger partial charge in [-0.3, -0.25) is 9.36 Å². The van der Waals surface area contributed by atoms with E-state index in [-0.39, 0.29) is 18.3 Å². The monoisotopic (exact) mass is 587 g/mol. The molecule has 4 aromatic rings. The van der Waals surface area contributed by atoms with Gasteiger partial charge in [0.2, 0.25) is 5.91 Å². The molecule has 4 atom stereocenters. The maximum Gasteiger partial charge on any atom is 0.351 e. The number of rotatable bonds is 10. The van der Waals surface area contributed by atoms with Crippen molar-refractivity contribution in [3.05, 3.63) is 118 Å². The Bertz CT molecular complexity index is 1540. The molecular formula is C32H33N3O8. The van der Waals surface area contributed by atoms with Crippen LogP contribution in [-0.2, 0) is 19.9 Å². The largest absolute Gasteiger partial charge is 0.497 e. The summed E-state index contributed by atoms with van der Waals surface area (Å²) in [6, 6.07) is 26.0. The standard InChI is InChI=1S/C32H33N3O8/c1-20(36)33-27-17-18-35(31(39)34-27)30-29(38)28(37)26(43-30)19-42-32(21-7-5-4-6-8-21,22-9-13-24(40-2)14-10-22)23-11-15-25(41-3)16-12-23/h4-18,26,28-30,37-38H,19H2,1-3H3,(H,33,34,36,39)/t26-,28-,29-,30-/m1/s1. The van der Waals surface area contributed by atoms with Gasteiger partial charge in [-0.25, -0.2) is 4.79 Å². The van der Waals surface area contributed by atoms with Gasteiger partial charge in [-0.05, 0) is 47.0 Å². The molecule has 1 fully saturated rings. The van der Waals surface area contributed by atoms with Crippen molar-refractivity contribution in [2.45, 2.75) is 37.1 Å². The molecule has 1 amide bonds. The number of hydrogen-bond donors (Lipinski definition) is 3. The van der Waals surface area contributed by atoms with Crippen molar-refractivity contribution in [2.24, 2.45) is 0 Å². The van der Waals surface area contributed by atoms with Gasteiger partial charge < -0.3 is 34.5 Å². The third-order valence-corrected chi connectivity index (χ3v) is 7.38. The van der Waals surface area contributed by atoms with Crippen molar-refractivity contribution in [1.29, 1.82) is 0 Å². The van der Waals surface area contributed by atoms with Crippen molar-refractivity contribution < 1.29 is 34.0 Å². The van der Waals surface area contributed by atoms with Gasteiger partial charge in [-0.2, -0.15) is 4.98 Å². The molecule has 11 nitrogen and oxygen atoms in total. The minimum Gasteiger partial charge on any atom is -0.497 e. The summed E-state index contributed by atoms with van der Waals surface area (Å²) in [6.45, 7) is 1.14. The molecule has 43 heavy (non-hydrogen) atoms. The summed E-state index contributed by atoms with van der Waals surface area (Å²) < 4.78 is 24.7. The summed E-state index contributed by atoms with van der Waals surface area (Å²) in [4.78, 5) is 27.9. The van der Waals surface area contributed by atoms with Gasteiger partial charge in [0.25, 0.3) is 0 Å². The van der Waals surface area contributed by atoms with Crippen LogP contribution in [0.25, 0.3) is 0 Å². The van der Waals surface area contributed by atoms with Crippen molar-refractivity contribution >= 4 is 11.7 Å². The molecule has 224 valence electrons. The molecule has 1 aromatic heterocycles. The van der Waals surface area contributed by atoms with Crippen LogP contribution in [0.15, 0.2) is 95.9 Å². The Morgan fingerprint density at radius 2 is 1.44 bits per heavy atom. The average molecular weight is 588 g/mol. The van der Waals surface area contributed by atoms with Crippen LogP contribution in [0, 0.1) is 0 Å². The van der Waals surface area contributed by atoms with E-state index in [4.69, 9.17) is 18.9 Å². The molecule has 0 unspecified atom stereocenters. The van der Waals surface area contributed by atoms with Gasteiger partial charge in [0.05, 0.1) is 20.8 Å². The average Bonchev–Trinajstić information content (AvgIpc) is 3.31. The van der Waals surface area contributed by atoms with Crippen LogP contribution < -0.4 is 20.5 Å². The number of carbonyl (C=O) groups is 1. The Morgan fingerprint density at radius 3 is 1.95 bits per heavy atom. The second-order valence-electron chi connectivity index (χ2n) is 10.0. The number of aliphatic hydroxyl groups excluding tert-OH is 2. The number of benzene rings is 3. The van der Waals surface area contributed by atoms with Gasteiger partial charge in [0, 0.05) is 13.1 Å². The number of hydrogen-bond acceptors (Lipinski definition) is 9. The summed E-state index contributed by atoms with van der Waals surface area (Å²) in [5.74, 6) is 1.02. The Morgan fingerprint density at radius 1 is 0.884 bits per heavy atom. The molecule has 1 aliphatic heterocycles. The molecule has 2 heterocycles. The lowest BCUT2D eigenvalue weighted by molar-refractivity contribution is -0.114. The predicted octanol–water partition coefficient (Wildman–Crippen LogP) is 2.85. The van der Waals surface area contributed by atoms with Crippen molar-refractivity contribution in [2.75, 3.05) is 26.1 Å². The lowest BCUT2D eigenvalue weighted by Gasteiger charge is -2.37. The predicted molar refractivity (Wildman–Crippen MR) is 157 cm³/mol. The van der Waals surface area contributed by atoms with E-state index in [9.17, 15) is 19.8 Å². The molecule has 0 spiro atoms. The first kappa shape index (κ1) is 29.9. The Labute approximate surface area is 248 Å². The van der Waals surface area contributed by atoms with Gasteiger partial charge in [0.15, 0.2) is 6.23 Å². The molecule has 1 aliphatic rings. The number of nitrogens with zero attached hydrogens (tertiary/aromatic N) is 2. The first-order chi connectivity index (χ1) is 20.8. The second-order valence-corrected chi connectivity index (χ2v) is 10.0. The van der Waals surface area contributed by atoms with E-state index in [0.717, 1.165) is 21.3 Å². The first-order valence-corrected chi connectivity index (χ1v) is 13.6. The maximum atomic E-state index is 12.7. The smallest absolute Gasteiger partial charge is 0.351 e. The van der Waals surface area contributed by atoms with E-state index in [2.05, 4.69) is 10.3 Å². The van der Waals surface area contributed by atoms with E-state index in [1.54, 1.807) is 14.2 Å². The minimum absolute atomic E-state index is 0.0632. The normalized spacial score (nSPS) is 20.0. The van der Waals surface area contributed by atoms with E-state index >= 15 is 0 Å². The topological polar surface area (TPSA) is 141 Å². The number of anilines is 1. The fourth-order valence-electron chi connectivity index (χ4n) is 5.23. The lowest BCUT2D eigenvalue weighted by Crippen LogP contribution is -2.39. The zero-order valence-electron chi connectivity index (χ0n) is 23.9. The zero-order chi connectivity index (χ0) is 30.6. The highest BCUT2D eigenvalue weighted by Crippen LogP contribution is 2.42. The highest BCUT2D eigenvalue weighted by molar-refractivity contribution is 5.87. The summed E-state index contributed by atoms with van der Waals surface area (Å²) >= 11 is 0. The van der Waals surface area contributed by atoms with Gasteiger partial charge >= 0.3 is 5.69 Å². The molecule has 3 aromatic carbocycles. The first-order valence-electron chi connectivity index (χ1n) is 13.6. The molecule has 1 saturated heterocycles. The van der Waals surface area contributed by atoms with Crippen LogP contribution in [0.4, 0.5) is 5.82 Å². The molecular weight excluding hydrogens is 554 g/mol. The summed E-state index contributed by atoms with van der Waals surface area (Å²) in [7, 11) is 3.18. The van der Waals surface area contributed by atoms with Crippen LogP contribution in [0.5, 0.6) is 11.5 Å². The summed E-state index contributed by atoms with van der Waals surface area (Å²) in [5.41, 5.74) is 0.430. The third kappa shape index (κ3) is 6.02. The van der Waals surface area contributed by atoms with Gasteiger partial charge in [-0.1, -0.05) is 54.6 Å². The number of ether oxygens (including phenoxy) is 4. The Balaban J connectivity index is 1.51. The van der Waals surface area contributed by atoms with Crippen LogP contribution in [0.3, 0.4) is 0 Å². The molecule has 0 saturated carbocycles. The van der Waals surface area contributed by atoms with E-state index < -0.39 is 35.8 Å². The molecule has 0 bridgehead atoms. The van der Waals surface area contributed by atoms with E-state index in [0.29, 0.717) is 11.5 Å². The SMILES string of the molecule is COc1ccc(C(OC[C@H]2O[C@@H](n3ccc(NC(C)=O)nc3=O)[C@H](O)[C@@H]2O)(c2ccccc2)c2ccc(OC)cc2)cc1. The highest BCUT2D eigenvalue weighted by atomic mass is 16.6. The van der Waals surface area contributed by atoms with Crippen molar-refractivity contribution in [3.63, 3.8) is 0 Å². The maximum absolute atomic E-state index is 12.7. The quantitative estimate of drug-likeness (QED) is 0.239. The molecule has 0 aliphatic carbocycles. The molecule has 5 rings (SSSR count). The highest BCUT2D eigenvalue weighted by Gasteiger charge is 2.46. The number of methoxy groups -OCH3 is 2. The summed E-state index contributed by atoms with van der Waals surface area (Å²) in [5, 5.41) is 24.4. The zero-order valence-corrected chi connectivity index (χ0v) is 23.9. The number of amides is 1. The molecule has 0 radical (unpaired) electrons. The molecule has 3 N–H and O–H groups in total. The van der Waals surface area contributed by atoms with Gasteiger partial charge in [-0.15, -0.1) is 0 Å². The lowest BCUT2D eigenvalue weighted by atomic mass is 9.80. The number of aromatic nitrogens is 2. The summed E-state index contributed by atoms with van der Waals surface area (Å²) in [6.07, 6.45) is -3.74. The second kappa shape index (κ2) is 12.8. The van der Waals surface area contributed by atoms with E-state index in [1.807, 2.05) is 78.9 Å². The Kier molecular flexibility index (Phi) is 8.88. The Hall–Kier alpha value is -4.55. The van der Waals surface area contributed by atoms with E-state index in [1.165, 1.54) is 19.2 Å². The number of nitrogens with one attached hydrogen (secondary N) is 1. The fraction of sp³-hybridized carbons (Fsp3) is 0.281.